The van der Waals surface area contributed by atoms with E-state index < -0.39 is 12.1 Å². The molecular formula is C14H26N2O4. The lowest BCUT2D eigenvalue weighted by Crippen LogP contribution is -2.64. The fourth-order valence-electron chi connectivity index (χ4n) is 2.18. The van der Waals surface area contributed by atoms with Crippen LogP contribution in [0.15, 0.2) is 0 Å². The number of amides is 2. The van der Waals surface area contributed by atoms with Gasteiger partial charge < -0.3 is 19.7 Å². The van der Waals surface area contributed by atoms with E-state index in [0.717, 1.165) is 6.42 Å². The molecule has 116 valence electrons. The first-order valence-electron chi connectivity index (χ1n) is 7.20. The third-order valence-electron chi connectivity index (χ3n) is 3.82. The summed E-state index contributed by atoms with van der Waals surface area (Å²) in [5.74, 6) is 0.0319. The van der Waals surface area contributed by atoms with E-state index in [1.807, 2.05) is 13.8 Å². The second-order valence-electron chi connectivity index (χ2n) is 5.18. The van der Waals surface area contributed by atoms with Crippen molar-refractivity contribution >= 4 is 11.8 Å². The van der Waals surface area contributed by atoms with Gasteiger partial charge in [-0.15, -0.1) is 0 Å². The predicted molar refractivity (Wildman–Crippen MR) is 75.3 cm³/mol. The molecule has 1 heterocycles. The number of ether oxygens (including phenoxy) is 2. The molecule has 0 aromatic heterocycles. The molecular weight excluding hydrogens is 260 g/mol. The van der Waals surface area contributed by atoms with Crippen molar-refractivity contribution in [3.8, 4) is 0 Å². The van der Waals surface area contributed by atoms with Gasteiger partial charge in [0.1, 0.15) is 12.1 Å². The number of carbonyl (C=O) groups excluding carboxylic acids is 2. The molecule has 1 aliphatic rings. The Bertz CT molecular complexity index is 335. The topological polar surface area (TPSA) is 67.9 Å². The molecule has 2 amide bonds. The van der Waals surface area contributed by atoms with E-state index in [2.05, 4.69) is 5.32 Å². The average Bonchev–Trinajstić information content (AvgIpc) is 2.45. The summed E-state index contributed by atoms with van der Waals surface area (Å²) in [4.78, 5) is 26.0. The van der Waals surface area contributed by atoms with Crippen molar-refractivity contribution < 1.29 is 19.1 Å². The van der Waals surface area contributed by atoms with Crippen molar-refractivity contribution in [2.75, 3.05) is 33.5 Å². The number of hydrogen-bond donors (Lipinski definition) is 1. The summed E-state index contributed by atoms with van der Waals surface area (Å²) in [5, 5.41) is 2.82. The first kappa shape index (κ1) is 16.9. The predicted octanol–water partition coefficient (Wildman–Crippen LogP) is 0.411. The van der Waals surface area contributed by atoms with Crippen LogP contribution in [0.4, 0.5) is 0 Å². The van der Waals surface area contributed by atoms with Gasteiger partial charge in [0.2, 0.25) is 11.8 Å². The maximum atomic E-state index is 12.4. The van der Waals surface area contributed by atoms with Crippen molar-refractivity contribution in [2.24, 2.45) is 5.92 Å². The Hall–Kier alpha value is -1.14. The number of nitrogens with zero attached hydrogens (tertiary/aromatic N) is 1. The Kier molecular flexibility index (Phi) is 6.95. The number of hydrogen-bond acceptors (Lipinski definition) is 4. The normalized spacial score (nSPS) is 24.7. The second kappa shape index (κ2) is 8.21. The van der Waals surface area contributed by atoms with E-state index in [4.69, 9.17) is 9.47 Å². The molecule has 3 atom stereocenters. The molecule has 1 fully saturated rings. The van der Waals surface area contributed by atoms with Gasteiger partial charge in [-0.05, 0) is 12.8 Å². The van der Waals surface area contributed by atoms with Gasteiger partial charge in [0.15, 0.2) is 0 Å². The van der Waals surface area contributed by atoms with Crippen LogP contribution in [-0.2, 0) is 19.1 Å². The van der Waals surface area contributed by atoms with Gasteiger partial charge in [-0.2, -0.15) is 0 Å². The molecule has 1 aliphatic heterocycles. The van der Waals surface area contributed by atoms with Gasteiger partial charge in [-0.25, -0.2) is 0 Å². The minimum absolute atomic E-state index is 0.0122. The van der Waals surface area contributed by atoms with Gasteiger partial charge in [0.25, 0.3) is 0 Å². The highest BCUT2D eigenvalue weighted by atomic mass is 16.5. The summed E-state index contributed by atoms with van der Waals surface area (Å²) in [7, 11) is 1.61. The minimum Gasteiger partial charge on any atom is -0.382 e. The summed E-state index contributed by atoms with van der Waals surface area (Å²) < 4.78 is 10.3. The Morgan fingerprint density at radius 2 is 2.00 bits per heavy atom. The highest BCUT2D eigenvalue weighted by Crippen LogP contribution is 2.17. The molecule has 6 heteroatoms. The van der Waals surface area contributed by atoms with E-state index in [1.165, 1.54) is 0 Å². The fraction of sp³-hybridized carbons (Fsp3) is 0.857. The molecule has 0 aliphatic carbocycles. The zero-order chi connectivity index (χ0) is 15.1. The molecule has 0 aromatic carbocycles. The smallest absolute Gasteiger partial charge is 0.246 e. The quantitative estimate of drug-likeness (QED) is 0.656. The van der Waals surface area contributed by atoms with Crippen LogP contribution in [-0.4, -0.2) is 62.3 Å². The van der Waals surface area contributed by atoms with Crippen LogP contribution in [0.3, 0.4) is 0 Å². The highest BCUT2D eigenvalue weighted by molar-refractivity contribution is 5.96. The van der Waals surface area contributed by atoms with Crippen LogP contribution in [0.25, 0.3) is 0 Å². The van der Waals surface area contributed by atoms with Crippen LogP contribution < -0.4 is 5.32 Å². The molecule has 0 aromatic rings. The van der Waals surface area contributed by atoms with E-state index in [9.17, 15) is 9.59 Å². The van der Waals surface area contributed by atoms with E-state index in [0.29, 0.717) is 26.4 Å². The molecule has 3 unspecified atom stereocenters. The SMILES string of the molecule is CCC(C)C1NC(=O)C(C)N(CCOCCOC)C1=O. The van der Waals surface area contributed by atoms with Gasteiger partial charge >= 0.3 is 0 Å². The minimum atomic E-state index is -0.436. The van der Waals surface area contributed by atoms with Crippen LogP contribution >= 0.6 is 0 Å². The molecule has 6 nitrogen and oxygen atoms in total. The second-order valence-corrected chi connectivity index (χ2v) is 5.18. The van der Waals surface area contributed by atoms with Gasteiger partial charge in [0.05, 0.1) is 19.8 Å². The van der Waals surface area contributed by atoms with Crippen molar-refractivity contribution in [3.63, 3.8) is 0 Å². The van der Waals surface area contributed by atoms with Crippen molar-refractivity contribution in [2.45, 2.75) is 39.3 Å². The maximum Gasteiger partial charge on any atom is 0.246 e. The lowest BCUT2D eigenvalue weighted by molar-refractivity contribution is -0.151. The Morgan fingerprint density at radius 1 is 1.30 bits per heavy atom. The van der Waals surface area contributed by atoms with Gasteiger partial charge in [-0.3, -0.25) is 9.59 Å². The van der Waals surface area contributed by atoms with E-state index in [1.54, 1.807) is 18.9 Å². The van der Waals surface area contributed by atoms with Gasteiger partial charge in [-0.1, -0.05) is 20.3 Å². The third kappa shape index (κ3) is 4.18. The van der Waals surface area contributed by atoms with Crippen LogP contribution in [0.1, 0.15) is 27.2 Å². The van der Waals surface area contributed by atoms with Crippen LogP contribution in [0, 0.1) is 5.92 Å². The number of nitrogens with one attached hydrogen (secondary N) is 1. The summed E-state index contributed by atoms with van der Waals surface area (Å²) in [6, 6.07) is -0.850. The molecule has 0 spiro atoms. The fourth-order valence-corrected chi connectivity index (χ4v) is 2.18. The summed E-state index contributed by atoms with van der Waals surface area (Å²) in [5.41, 5.74) is 0. The van der Waals surface area contributed by atoms with Crippen molar-refractivity contribution in [3.05, 3.63) is 0 Å². The lowest BCUT2D eigenvalue weighted by atomic mass is 9.94. The molecule has 0 radical (unpaired) electrons. The largest absolute Gasteiger partial charge is 0.382 e. The maximum absolute atomic E-state index is 12.4. The van der Waals surface area contributed by atoms with E-state index >= 15 is 0 Å². The number of methoxy groups -OCH3 is 1. The third-order valence-corrected chi connectivity index (χ3v) is 3.82. The Balaban J connectivity index is 2.57. The molecule has 0 saturated carbocycles. The highest BCUT2D eigenvalue weighted by Gasteiger charge is 2.39. The van der Waals surface area contributed by atoms with Crippen molar-refractivity contribution in [1.82, 2.24) is 10.2 Å². The molecule has 0 bridgehead atoms. The first-order chi connectivity index (χ1) is 9.52. The number of carbonyl (C=O) groups is 2. The molecule has 1 saturated heterocycles. The zero-order valence-electron chi connectivity index (χ0n) is 12.8. The Morgan fingerprint density at radius 3 is 2.60 bits per heavy atom. The summed E-state index contributed by atoms with van der Waals surface area (Å²) in [6.45, 7) is 7.61. The van der Waals surface area contributed by atoms with Crippen LogP contribution in [0.2, 0.25) is 0 Å². The van der Waals surface area contributed by atoms with E-state index in [-0.39, 0.29) is 17.7 Å². The average molecular weight is 286 g/mol. The van der Waals surface area contributed by atoms with Gasteiger partial charge in [0, 0.05) is 13.7 Å². The summed E-state index contributed by atoms with van der Waals surface area (Å²) >= 11 is 0. The molecule has 20 heavy (non-hydrogen) atoms. The van der Waals surface area contributed by atoms with Crippen LogP contribution in [0.5, 0.6) is 0 Å². The zero-order valence-corrected chi connectivity index (χ0v) is 12.8. The molecule has 1 N–H and O–H groups in total. The first-order valence-corrected chi connectivity index (χ1v) is 7.20. The summed E-state index contributed by atoms with van der Waals surface area (Å²) in [6.07, 6.45) is 0.850. The lowest BCUT2D eigenvalue weighted by Gasteiger charge is -2.39. The molecule has 1 rings (SSSR count). The Labute approximate surface area is 120 Å². The standard InChI is InChI=1S/C14H26N2O4/c1-5-10(2)12-14(18)16(11(3)13(17)15-12)6-7-20-9-8-19-4/h10-12H,5-9H2,1-4H3,(H,15,17). The van der Waals surface area contributed by atoms with Crippen molar-refractivity contribution in [1.29, 1.82) is 0 Å². The number of rotatable bonds is 8. The monoisotopic (exact) mass is 286 g/mol. The number of piperazine rings is 1.